The first-order chi connectivity index (χ1) is 9.70. The fourth-order valence-corrected chi connectivity index (χ4v) is 6.45. The normalized spacial score (nSPS) is 21.6. The lowest BCUT2D eigenvalue weighted by Crippen LogP contribution is -2.46. The van der Waals surface area contributed by atoms with E-state index >= 15 is 0 Å². The predicted octanol–water partition coefficient (Wildman–Crippen LogP) is 3.30. The molecule has 0 aliphatic carbocycles. The summed E-state index contributed by atoms with van der Waals surface area (Å²) in [6.07, 6.45) is 2.01. The maximum absolute atomic E-state index is 12.7. The Bertz CT molecular complexity index is 578. The van der Waals surface area contributed by atoms with E-state index in [2.05, 4.69) is 42.0 Å². The summed E-state index contributed by atoms with van der Waals surface area (Å²) in [5.74, 6) is 0.381. The van der Waals surface area contributed by atoms with Gasteiger partial charge in [-0.25, -0.2) is 8.42 Å². The van der Waals surface area contributed by atoms with E-state index in [1.807, 2.05) is 0 Å². The molecule has 1 saturated heterocycles. The van der Waals surface area contributed by atoms with Crippen LogP contribution in [0, 0.1) is 5.92 Å². The summed E-state index contributed by atoms with van der Waals surface area (Å²) >= 11 is 4.61. The van der Waals surface area contributed by atoms with Crippen LogP contribution in [0.25, 0.3) is 0 Å². The van der Waals surface area contributed by atoms with E-state index < -0.39 is 10.0 Å². The van der Waals surface area contributed by atoms with Crippen molar-refractivity contribution in [3.05, 3.63) is 15.9 Å². The minimum absolute atomic E-state index is 0.0674. The maximum Gasteiger partial charge on any atom is 0.253 e. The van der Waals surface area contributed by atoms with Crippen molar-refractivity contribution in [1.29, 1.82) is 0 Å². The fourth-order valence-electron chi connectivity index (χ4n) is 2.44. The van der Waals surface area contributed by atoms with Crippen molar-refractivity contribution in [2.75, 3.05) is 19.6 Å². The molecule has 1 unspecified atom stereocenters. The number of thiophene rings is 1. The molecular formula is C14H23BrN2O2S2. The van der Waals surface area contributed by atoms with Gasteiger partial charge in [-0.1, -0.05) is 0 Å². The van der Waals surface area contributed by atoms with Crippen LogP contribution in [0.4, 0.5) is 0 Å². The standard InChI is InChI=1S/C14H23BrN2O2S2/c1-14(2,3)16-9-11-5-4-7-17(10-11)21(18,19)13-12(15)6-8-20-13/h6,8,11,16H,4-5,7,9-10H2,1-3H3. The van der Waals surface area contributed by atoms with E-state index in [4.69, 9.17) is 0 Å². The Balaban J connectivity index is 2.06. The molecule has 21 heavy (non-hydrogen) atoms. The number of piperidine rings is 1. The van der Waals surface area contributed by atoms with E-state index in [1.54, 1.807) is 15.8 Å². The molecule has 1 aliphatic rings. The monoisotopic (exact) mass is 394 g/mol. The second-order valence-corrected chi connectivity index (χ2v) is 10.5. The number of halogens is 1. The zero-order valence-corrected chi connectivity index (χ0v) is 15.9. The van der Waals surface area contributed by atoms with E-state index in [1.165, 1.54) is 11.3 Å². The zero-order valence-electron chi connectivity index (χ0n) is 12.7. The fraction of sp³-hybridized carbons (Fsp3) is 0.714. The van der Waals surface area contributed by atoms with Crippen molar-refractivity contribution in [3.63, 3.8) is 0 Å². The van der Waals surface area contributed by atoms with Crippen LogP contribution in [0.15, 0.2) is 20.1 Å². The highest BCUT2D eigenvalue weighted by Gasteiger charge is 2.32. The van der Waals surface area contributed by atoms with Gasteiger partial charge in [-0.3, -0.25) is 0 Å². The summed E-state index contributed by atoms with van der Waals surface area (Å²) in [7, 11) is -3.36. The van der Waals surface area contributed by atoms with Gasteiger partial charge in [0.05, 0.1) is 0 Å². The third-order valence-electron chi connectivity index (χ3n) is 3.56. The third-order valence-corrected chi connectivity index (χ3v) is 8.07. The number of nitrogens with zero attached hydrogens (tertiary/aromatic N) is 1. The summed E-state index contributed by atoms with van der Waals surface area (Å²) in [5, 5.41) is 5.29. The van der Waals surface area contributed by atoms with Gasteiger partial charge in [-0.15, -0.1) is 11.3 Å². The molecule has 1 fully saturated rings. The molecule has 1 aliphatic heterocycles. The second kappa shape index (κ2) is 6.66. The largest absolute Gasteiger partial charge is 0.312 e. The highest BCUT2D eigenvalue weighted by molar-refractivity contribution is 9.10. The summed E-state index contributed by atoms with van der Waals surface area (Å²) in [4.78, 5) is 0. The van der Waals surface area contributed by atoms with Crippen molar-refractivity contribution in [2.45, 2.75) is 43.4 Å². The lowest BCUT2D eigenvalue weighted by Gasteiger charge is -2.33. The lowest BCUT2D eigenvalue weighted by molar-refractivity contribution is 0.245. The minimum atomic E-state index is -3.36. The molecule has 1 aromatic rings. The van der Waals surface area contributed by atoms with Crippen molar-refractivity contribution in [3.8, 4) is 0 Å². The Labute approximate surface area is 140 Å². The highest BCUT2D eigenvalue weighted by Crippen LogP contribution is 2.32. The van der Waals surface area contributed by atoms with Crippen molar-refractivity contribution >= 4 is 37.3 Å². The molecule has 7 heteroatoms. The van der Waals surface area contributed by atoms with Gasteiger partial charge in [0.1, 0.15) is 4.21 Å². The van der Waals surface area contributed by atoms with Gasteiger partial charge in [-0.05, 0) is 73.5 Å². The smallest absolute Gasteiger partial charge is 0.253 e. The zero-order chi connectivity index (χ0) is 15.7. The maximum atomic E-state index is 12.7. The quantitative estimate of drug-likeness (QED) is 0.851. The first-order valence-corrected chi connectivity index (χ1v) is 10.3. The molecule has 0 bridgehead atoms. The van der Waals surface area contributed by atoms with Gasteiger partial charge in [0.25, 0.3) is 10.0 Å². The molecule has 2 rings (SSSR count). The Morgan fingerprint density at radius 2 is 2.19 bits per heavy atom. The van der Waals surface area contributed by atoms with E-state index in [0.717, 1.165) is 19.4 Å². The van der Waals surface area contributed by atoms with E-state index in [-0.39, 0.29) is 5.54 Å². The number of hydrogen-bond acceptors (Lipinski definition) is 4. The van der Waals surface area contributed by atoms with Crippen LogP contribution in [0.2, 0.25) is 0 Å². The molecule has 0 saturated carbocycles. The van der Waals surface area contributed by atoms with Gasteiger partial charge in [0, 0.05) is 23.1 Å². The highest BCUT2D eigenvalue weighted by atomic mass is 79.9. The van der Waals surface area contributed by atoms with Crippen LogP contribution in [0.1, 0.15) is 33.6 Å². The minimum Gasteiger partial charge on any atom is -0.312 e. The molecular weight excluding hydrogens is 372 g/mol. The van der Waals surface area contributed by atoms with Gasteiger partial charge in [0.15, 0.2) is 0 Å². The van der Waals surface area contributed by atoms with Gasteiger partial charge in [-0.2, -0.15) is 4.31 Å². The Morgan fingerprint density at radius 3 is 2.76 bits per heavy atom. The van der Waals surface area contributed by atoms with Gasteiger partial charge in [0.2, 0.25) is 0 Å². The molecule has 0 aromatic carbocycles. The summed E-state index contributed by atoms with van der Waals surface area (Å²) in [6.45, 7) is 8.49. The van der Waals surface area contributed by atoms with Crippen LogP contribution in [-0.4, -0.2) is 37.9 Å². The Kier molecular flexibility index (Phi) is 5.52. The second-order valence-electron chi connectivity index (χ2n) is 6.56. The predicted molar refractivity (Wildman–Crippen MR) is 91.3 cm³/mol. The Morgan fingerprint density at radius 1 is 1.48 bits per heavy atom. The SMILES string of the molecule is CC(C)(C)NCC1CCCN(S(=O)(=O)c2sccc2Br)C1. The van der Waals surface area contributed by atoms with Gasteiger partial charge >= 0.3 is 0 Å². The van der Waals surface area contributed by atoms with Crippen LogP contribution >= 0.6 is 27.3 Å². The Hall–Kier alpha value is 0.0500. The first kappa shape index (κ1) is 17.4. The molecule has 2 heterocycles. The van der Waals surface area contributed by atoms with Crippen molar-refractivity contribution in [2.24, 2.45) is 5.92 Å². The number of rotatable bonds is 4. The molecule has 1 atom stereocenters. The van der Waals surface area contributed by atoms with Crippen LogP contribution < -0.4 is 5.32 Å². The summed E-state index contributed by atoms with van der Waals surface area (Å²) in [6, 6.07) is 1.79. The lowest BCUT2D eigenvalue weighted by atomic mass is 9.98. The van der Waals surface area contributed by atoms with E-state index in [9.17, 15) is 8.42 Å². The molecule has 1 aromatic heterocycles. The van der Waals surface area contributed by atoms with Crippen molar-refractivity contribution < 1.29 is 8.42 Å². The summed E-state index contributed by atoms with van der Waals surface area (Å²) in [5.41, 5.74) is 0.0674. The van der Waals surface area contributed by atoms with E-state index in [0.29, 0.717) is 27.7 Å². The molecule has 120 valence electrons. The first-order valence-electron chi connectivity index (χ1n) is 7.18. The average molecular weight is 395 g/mol. The number of hydrogen-bond donors (Lipinski definition) is 1. The number of nitrogens with one attached hydrogen (secondary N) is 1. The molecule has 4 nitrogen and oxygen atoms in total. The third kappa shape index (κ3) is 4.51. The topological polar surface area (TPSA) is 49.4 Å². The molecule has 1 N–H and O–H groups in total. The number of sulfonamides is 1. The van der Waals surface area contributed by atoms with Crippen LogP contribution in [0.5, 0.6) is 0 Å². The van der Waals surface area contributed by atoms with Crippen molar-refractivity contribution in [1.82, 2.24) is 9.62 Å². The average Bonchev–Trinajstić information content (AvgIpc) is 2.83. The summed E-state index contributed by atoms with van der Waals surface area (Å²) < 4.78 is 28.1. The van der Waals surface area contributed by atoms with Crippen LogP contribution in [0.3, 0.4) is 0 Å². The van der Waals surface area contributed by atoms with Gasteiger partial charge < -0.3 is 5.32 Å². The molecule has 0 radical (unpaired) electrons. The molecule has 0 amide bonds. The molecule has 0 spiro atoms. The van der Waals surface area contributed by atoms with Crippen LogP contribution in [-0.2, 0) is 10.0 Å².